The van der Waals surface area contributed by atoms with Gasteiger partial charge in [0.1, 0.15) is 5.82 Å². The molecule has 0 aromatic carbocycles. The van der Waals surface area contributed by atoms with Crippen LogP contribution in [0.4, 0.5) is 5.82 Å². The molecule has 0 radical (unpaired) electrons. The standard InChI is InChI=1S/C13H22N4O2/c1-3-19-13-6-4-5-12(16-13)17(9-10-18-2)8-7-11(14)15/h4-6H,3,7-10H2,1-2H3,(H3,14,15). The van der Waals surface area contributed by atoms with Gasteiger partial charge >= 0.3 is 0 Å². The van der Waals surface area contributed by atoms with E-state index in [1.165, 1.54) is 0 Å². The van der Waals surface area contributed by atoms with Gasteiger partial charge in [-0.15, -0.1) is 0 Å². The number of methoxy groups -OCH3 is 1. The molecule has 106 valence electrons. The van der Waals surface area contributed by atoms with Crippen molar-refractivity contribution in [1.82, 2.24) is 4.98 Å². The zero-order valence-electron chi connectivity index (χ0n) is 11.6. The number of nitrogens with two attached hydrogens (primary N) is 1. The minimum Gasteiger partial charge on any atom is -0.478 e. The third kappa shape index (κ3) is 5.56. The summed E-state index contributed by atoms with van der Waals surface area (Å²) in [7, 11) is 1.66. The van der Waals surface area contributed by atoms with Crippen LogP contribution in [-0.4, -0.2) is 44.2 Å². The number of nitrogens with one attached hydrogen (secondary N) is 1. The molecule has 0 aliphatic heterocycles. The molecular weight excluding hydrogens is 244 g/mol. The van der Waals surface area contributed by atoms with Crippen LogP contribution in [0.15, 0.2) is 18.2 Å². The molecular formula is C13H22N4O2. The Bertz CT molecular complexity index is 398. The fraction of sp³-hybridized carbons (Fsp3) is 0.538. The topological polar surface area (TPSA) is 84.5 Å². The fourth-order valence-electron chi connectivity index (χ4n) is 1.61. The van der Waals surface area contributed by atoms with Crippen LogP contribution in [0.1, 0.15) is 13.3 Å². The van der Waals surface area contributed by atoms with Crippen molar-refractivity contribution in [2.24, 2.45) is 5.73 Å². The normalized spacial score (nSPS) is 10.2. The Morgan fingerprint density at radius 3 is 2.84 bits per heavy atom. The maximum absolute atomic E-state index is 7.31. The number of hydrogen-bond acceptors (Lipinski definition) is 5. The number of nitrogens with zero attached hydrogens (tertiary/aromatic N) is 2. The highest BCUT2D eigenvalue weighted by atomic mass is 16.5. The Morgan fingerprint density at radius 1 is 1.42 bits per heavy atom. The number of anilines is 1. The van der Waals surface area contributed by atoms with E-state index in [9.17, 15) is 0 Å². The summed E-state index contributed by atoms with van der Waals surface area (Å²) in [6.07, 6.45) is 0.504. The van der Waals surface area contributed by atoms with Gasteiger partial charge in [-0.3, -0.25) is 5.41 Å². The van der Waals surface area contributed by atoms with Crippen LogP contribution in [0.5, 0.6) is 5.88 Å². The molecule has 1 rings (SSSR count). The highest BCUT2D eigenvalue weighted by Crippen LogP contribution is 2.16. The van der Waals surface area contributed by atoms with Crippen LogP contribution >= 0.6 is 0 Å². The van der Waals surface area contributed by atoms with E-state index in [1.54, 1.807) is 7.11 Å². The van der Waals surface area contributed by atoms with Crippen molar-refractivity contribution in [3.63, 3.8) is 0 Å². The van der Waals surface area contributed by atoms with Gasteiger partial charge in [0, 0.05) is 32.7 Å². The summed E-state index contributed by atoms with van der Waals surface area (Å²) < 4.78 is 10.5. The second-order valence-electron chi connectivity index (χ2n) is 4.02. The van der Waals surface area contributed by atoms with E-state index in [1.807, 2.05) is 30.0 Å². The minimum absolute atomic E-state index is 0.170. The van der Waals surface area contributed by atoms with Crippen molar-refractivity contribution >= 4 is 11.7 Å². The predicted octanol–water partition coefficient (Wildman–Crippen LogP) is 1.26. The van der Waals surface area contributed by atoms with Crippen molar-refractivity contribution in [3.8, 4) is 5.88 Å². The van der Waals surface area contributed by atoms with E-state index in [-0.39, 0.29) is 5.84 Å². The van der Waals surface area contributed by atoms with Crippen molar-refractivity contribution in [3.05, 3.63) is 18.2 Å². The first-order valence-electron chi connectivity index (χ1n) is 6.34. The molecule has 19 heavy (non-hydrogen) atoms. The number of pyridine rings is 1. The summed E-state index contributed by atoms with van der Waals surface area (Å²) in [5.74, 6) is 1.58. The lowest BCUT2D eigenvalue weighted by molar-refractivity contribution is 0.205. The molecule has 0 amide bonds. The summed E-state index contributed by atoms with van der Waals surface area (Å²) in [5, 5.41) is 7.31. The van der Waals surface area contributed by atoms with E-state index in [0.29, 0.717) is 38.6 Å². The molecule has 0 spiro atoms. The average Bonchev–Trinajstić information content (AvgIpc) is 2.39. The van der Waals surface area contributed by atoms with Gasteiger partial charge in [0.15, 0.2) is 0 Å². The van der Waals surface area contributed by atoms with Gasteiger partial charge in [0.25, 0.3) is 0 Å². The monoisotopic (exact) mass is 266 g/mol. The van der Waals surface area contributed by atoms with Gasteiger partial charge in [0.2, 0.25) is 5.88 Å². The summed E-state index contributed by atoms with van der Waals surface area (Å²) in [4.78, 5) is 6.47. The quantitative estimate of drug-likeness (QED) is 0.519. The summed E-state index contributed by atoms with van der Waals surface area (Å²) in [6.45, 7) is 4.45. The number of rotatable bonds is 9. The summed E-state index contributed by atoms with van der Waals surface area (Å²) >= 11 is 0. The molecule has 0 saturated heterocycles. The van der Waals surface area contributed by atoms with E-state index >= 15 is 0 Å². The van der Waals surface area contributed by atoms with Gasteiger partial charge in [-0.1, -0.05) is 6.07 Å². The number of amidine groups is 1. The molecule has 0 fully saturated rings. The van der Waals surface area contributed by atoms with Crippen LogP contribution < -0.4 is 15.4 Å². The van der Waals surface area contributed by atoms with Gasteiger partial charge in [-0.05, 0) is 13.0 Å². The number of aromatic nitrogens is 1. The van der Waals surface area contributed by atoms with Gasteiger partial charge in [-0.2, -0.15) is 4.98 Å². The van der Waals surface area contributed by atoms with Gasteiger partial charge in [0.05, 0.1) is 19.0 Å². The first-order chi connectivity index (χ1) is 9.17. The number of ether oxygens (including phenoxy) is 2. The smallest absolute Gasteiger partial charge is 0.215 e. The fourth-order valence-corrected chi connectivity index (χ4v) is 1.61. The highest BCUT2D eigenvalue weighted by Gasteiger charge is 2.09. The number of hydrogen-bond donors (Lipinski definition) is 2. The lowest BCUT2D eigenvalue weighted by atomic mass is 10.3. The molecule has 1 aromatic rings. The molecule has 1 aromatic heterocycles. The van der Waals surface area contributed by atoms with Crippen molar-refractivity contribution in [2.75, 3.05) is 38.3 Å². The zero-order valence-corrected chi connectivity index (χ0v) is 11.6. The first-order valence-corrected chi connectivity index (χ1v) is 6.34. The minimum atomic E-state index is 0.170. The molecule has 3 N–H and O–H groups in total. The molecule has 0 unspecified atom stereocenters. The molecule has 0 saturated carbocycles. The van der Waals surface area contributed by atoms with E-state index < -0.39 is 0 Å². The Hall–Kier alpha value is -1.82. The Morgan fingerprint density at radius 2 is 2.21 bits per heavy atom. The predicted molar refractivity (Wildman–Crippen MR) is 76.0 cm³/mol. The largest absolute Gasteiger partial charge is 0.478 e. The first kappa shape index (κ1) is 15.2. The lowest BCUT2D eigenvalue weighted by Crippen LogP contribution is -2.31. The van der Waals surface area contributed by atoms with Crippen LogP contribution in [0.3, 0.4) is 0 Å². The average molecular weight is 266 g/mol. The van der Waals surface area contributed by atoms with Crippen molar-refractivity contribution < 1.29 is 9.47 Å². The van der Waals surface area contributed by atoms with Gasteiger partial charge < -0.3 is 20.1 Å². The third-order valence-electron chi connectivity index (χ3n) is 2.54. The van der Waals surface area contributed by atoms with Crippen LogP contribution in [0, 0.1) is 5.41 Å². The maximum atomic E-state index is 7.31. The molecule has 0 aliphatic carbocycles. The van der Waals surface area contributed by atoms with Crippen LogP contribution in [0.2, 0.25) is 0 Å². The zero-order chi connectivity index (χ0) is 14.1. The second kappa shape index (κ2) is 8.31. The summed E-state index contributed by atoms with van der Waals surface area (Å²) in [5.41, 5.74) is 5.41. The highest BCUT2D eigenvalue weighted by molar-refractivity contribution is 5.77. The third-order valence-corrected chi connectivity index (χ3v) is 2.54. The molecule has 0 atom stereocenters. The second-order valence-corrected chi connectivity index (χ2v) is 4.02. The van der Waals surface area contributed by atoms with Gasteiger partial charge in [-0.25, -0.2) is 0 Å². The Kier molecular flexibility index (Phi) is 6.67. The van der Waals surface area contributed by atoms with E-state index in [4.69, 9.17) is 20.6 Å². The van der Waals surface area contributed by atoms with Crippen LogP contribution in [0.25, 0.3) is 0 Å². The molecule has 0 aliphatic rings. The van der Waals surface area contributed by atoms with Crippen molar-refractivity contribution in [2.45, 2.75) is 13.3 Å². The lowest BCUT2D eigenvalue weighted by Gasteiger charge is -2.23. The molecule has 0 bridgehead atoms. The Labute approximate surface area is 114 Å². The molecule has 6 heteroatoms. The van der Waals surface area contributed by atoms with E-state index in [0.717, 1.165) is 5.82 Å². The van der Waals surface area contributed by atoms with Crippen molar-refractivity contribution in [1.29, 1.82) is 5.41 Å². The van der Waals surface area contributed by atoms with E-state index in [2.05, 4.69) is 4.98 Å². The Balaban J connectivity index is 2.76. The molecule has 1 heterocycles. The molecule has 6 nitrogen and oxygen atoms in total. The summed E-state index contributed by atoms with van der Waals surface area (Å²) in [6, 6.07) is 5.64. The maximum Gasteiger partial charge on any atom is 0.215 e. The van der Waals surface area contributed by atoms with Crippen LogP contribution in [-0.2, 0) is 4.74 Å². The SMILES string of the molecule is CCOc1cccc(N(CCOC)CCC(=N)N)n1.